The lowest BCUT2D eigenvalue weighted by Crippen LogP contribution is -2.14. The Balaban J connectivity index is 2.16. The molecule has 0 atom stereocenters. The molecule has 0 aliphatic rings. The van der Waals surface area contributed by atoms with Crippen LogP contribution >= 0.6 is 0 Å². The van der Waals surface area contributed by atoms with Crippen LogP contribution in [0.2, 0.25) is 0 Å². The molecule has 1 heterocycles. The first-order valence-electron chi connectivity index (χ1n) is 6.12. The van der Waals surface area contributed by atoms with Gasteiger partial charge in [-0.15, -0.1) is 0 Å². The summed E-state index contributed by atoms with van der Waals surface area (Å²) in [5, 5.41) is 2.62. The van der Waals surface area contributed by atoms with Crippen molar-refractivity contribution in [3.05, 3.63) is 42.4 Å². The summed E-state index contributed by atoms with van der Waals surface area (Å²) in [6.45, 7) is 0. The number of methoxy groups -OCH3 is 1. The van der Waals surface area contributed by atoms with Gasteiger partial charge in [0.15, 0.2) is 0 Å². The van der Waals surface area contributed by atoms with Crippen LogP contribution in [0.4, 0.5) is 11.4 Å². The van der Waals surface area contributed by atoms with Crippen molar-refractivity contribution in [2.75, 3.05) is 23.4 Å². The van der Waals surface area contributed by atoms with Crippen molar-refractivity contribution in [1.29, 1.82) is 0 Å². The molecule has 0 aliphatic carbocycles. The third kappa shape index (κ3) is 4.42. The number of nitrogens with one attached hydrogen (secondary N) is 2. The van der Waals surface area contributed by atoms with Crippen molar-refractivity contribution in [3.8, 4) is 5.88 Å². The highest BCUT2D eigenvalue weighted by Gasteiger charge is 2.10. The summed E-state index contributed by atoms with van der Waals surface area (Å²) in [4.78, 5) is 19.7. The van der Waals surface area contributed by atoms with Gasteiger partial charge in [0.2, 0.25) is 15.9 Å². The molecule has 0 fully saturated rings. The molecule has 0 saturated heterocycles. The molecule has 1 aromatic carbocycles. The van der Waals surface area contributed by atoms with E-state index < -0.39 is 15.9 Å². The zero-order valence-corrected chi connectivity index (χ0v) is 12.7. The monoisotopic (exact) mass is 322 g/mol. The smallest absolute Gasteiger partial charge is 0.274 e. The third-order valence-corrected chi connectivity index (χ3v) is 3.11. The summed E-state index contributed by atoms with van der Waals surface area (Å²) in [7, 11) is -1.95. The summed E-state index contributed by atoms with van der Waals surface area (Å²) < 4.78 is 29.6. The number of nitrogens with zero attached hydrogens (tertiary/aromatic N) is 2. The summed E-state index contributed by atoms with van der Waals surface area (Å²) in [5.74, 6) is -0.190. The van der Waals surface area contributed by atoms with Gasteiger partial charge in [-0.05, 0) is 18.2 Å². The van der Waals surface area contributed by atoms with E-state index in [0.717, 1.165) is 6.26 Å². The Kier molecular flexibility index (Phi) is 4.56. The summed E-state index contributed by atoms with van der Waals surface area (Å²) >= 11 is 0. The van der Waals surface area contributed by atoms with Gasteiger partial charge in [-0.3, -0.25) is 9.52 Å². The van der Waals surface area contributed by atoms with E-state index in [4.69, 9.17) is 4.74 Å². The molecule has 0 saturated carbocycles. The van der Waals surface area contributed by atoms with Crippen LogP contribution < -0.4 is 14.8 Å². The quantitative estimate of drug-likeness (QED) is 0.853. The number of rotatable bonds is 5. The Labute approximate surface area is 127 Å². The van der Waals surface area contributed by atoms with E-state index in [1.165, 1.54) is 25.6 Å². The zero-order valence-electron chi connectivity index (χ0n) is 11.9. The molecule has 0 radical (unpaired) electrons. The Bertz CT molecular complexity index is 792. The molecule has 1 amide bonds. The molecule has 0 bridgehead atoms. The Morgan fingerprint density at radius 1 is 1.18 bits per heavy atom. The molecule has 2 N–H and O–H groups in total. The molecule has 0 unspecified atom stereocenters. The number of amides is 1. The van der Waals surface area contributed by atoms with Crippen LogP contribution in [0.15, 0.2) is 36.7 Å². The van der Waals surface area contributed by atoms with Crippen molar-refractivity contribution in [3.63, 3.8) is 0 Å². The molecule has 0 spiro atoms. The van der Waals surface area contributed by atoms with Gasteiger partial charge in [-0.25, -0.2) is 18.4 Å². The molecule has 1 aromatic heterocycles. The predicted octanol–water partition coefficient (Wildman–Crippen LogP) is 1.11. The van der Waals surface area contributed by atoms with E-state index in [9.17, 15) is 13.2 Å². The highest BCUT2D eigenvalue weighted by molar-refractivity contribution is 7.92. The zero-order chi connectivity index (χ0) is 16.2. The molecular weight excluding hydrogens is 308 g/mol. The van der Waals surface area contributed by atoms with E-state index in [1.807, 2.05) is 0 Å². The predicted molar refractivity (Wildman–Crippen MR) is 81.4 cm³/mol. The Morgan fingerprint density at radius 2 is 1.91 bits per heavy atom. The Hall–Kier alpha value is -2.68. The van der Waals surface area contributed by atoms with E-state index >= 15 is 0 Å². The second-order valence-corrected chi connectivity index (χ2v) is 6.10. The number of ether oxygens (including phenoxy) is 1. The number of hydrogen-bond donors (Lipinski definition) is 2. The maximum absolute atomic E-state index is 12.1. The fraction of sp³-hybridized carbons (Fsp3) is 0.154. The maximum atomic E-state index is 12.1. The van der Waals surface area contributed by atoms with Crippen LogP contribution in [0.5, 0.6) is 5.88 Å². The van der Waals surface area contributed by atoms with Crippen LogP contribution in [-0.2, 0) is 10.0 Å². The SMILES string of the molecule is COc1cc(C(=O)Nc2cccc(NS(C)(=O)=O)c2)ncn1. The number of sulfonamides is 1. The van der Waals surface area contributed by atoms with Gasteiger partial charge in [0.1, 0.15) is 12.0 Å². The van der Waals surface area contributed by atoms with Crippen molar-refractivity contribution in [1.82, 2.24) is 9.97 Å². The number of anilines is 2. The van der Waals surface area contributed by atoms with E-state index in [2.05, 4.69) is 20.0 Å². The summed E-state index contributed by atoms with van der Waals surface area (Å²) in [6.07, 6.45) is 2.26. The van der Waals surface area contributed by atoms with Gasteiger partial charge in [0, 0.05) is 11.8 Å². The largest absolute Gasteiger partial charge is 0.481 e. The van der Waals surface area contributed by atoms with Crippen molar-refractivity contribution in [2.45, 2.75) is 0 Å². The van der Waals surface area contributed by atoms with Crippen LogP contribution in [0, 0.1) is 0 Å². The van der Waals surface area contributed by atoms with Gasteiger partial charge in [-0.2, -0.15) is 0 Å². The molecule has 116 valence electrons. The fourth-order valence-corrected chi connectivity index (χ4v) is 2.20. The minimum Gasteiger partial charge on any atom is -0.481 e. The lowest BCUT2D eigenvalue weighted by atomic mass is 10.2. The first kappa shape index (κ1) is 15.7. The molecule has 8 nitrogen and oxygen atoms in total. The standard InChI is InChI=1S/C13H14N4O4S/c1-21-12-7-11(14-8-15-12)13(18)16-9-4-3-5-10(6-9)17-22(2,19)20/h3-8,17H,1-2H3,(H,16,18). The highest BCUT2D eigenvalue weighted by atomic mass is 32.2. The first-order valence-corrected chi connectivity index (χ1v) is 8.02. The summed E-state index contributed by atoms with van der Waals surface area (Å²) in [5.41, 5.74) is 0.908. The Morgan fingerprint density at radius 3 is 2.59 bits per heavy atom. The van der Waals surface area contributed by atoms with Crippen LogP contribution in [-0.4, -0.2) is 37.7 Å². The number of carbonyl (C=O) groups excluding carboxylic acids is 1. The van der Waals surface area contributed by atoms with Crippen molar-refractivity contribution >= 4 is 27.3 Å². The molecular formula is C13H14N4O4S. The topological polar surface area (TPSA) is 110 Å². The second-order valence-electron chi connectivity index (χ2n) is 4.35. The number of aromatic nitrogens is 2. The lowest BCUT2D eigenvalue weighted by molar-refractivity contribution is 0.102. The molecule has 2 rings (SSSR count). The first-order chi connectivity index (χ1) is 10.4. The number of benzene rings is 1. The van der Waals surface area contributed by atoms with Crippen LogP contribution in [0.3, 0.4) is 0 Å². The van der Waals surface area contributed by atoms with Crippen LogP contribution in [0.1, 0.15) is 10.5 Å². The third-order valence-electron chi connectivity index (χ3n) is 2.51. The summed E-state index contributed by atoms with van der Waals surface area (Å²) in [6, 6.07) is 7.71. The average Bonchev–Trinajstić information content (AvgIpc) is 2.46. The maximum Gasteiger partial charge on any atom is 0.274 e. The van der Waals surface area contributed by atoms with E-state index in [-0.39, 0.29) is 11.6 Å². The average molecular weight is 322 g/mol. The molecule has 22 heavy (non-hydrogen) atoms. The van der Waals surface area contributed by atoms with Gasteiger partial charge in [0.05, 0.1) is 19.1 Å². The normalized spacial score (nSPS) is 10.8. The van der Waals surface area contributed by atoms with Gasteiger partial charge < -0.3 is 10.1 Å². The molecule has 9 heteroatoms. The van der Waals surface area contributed by atoms with Gasteiger partial charge in [-0.1, -0.05) is 6.07 Å². The lowest BCUT2D eigenvalue weighted by Gasteiger charge is -2.08. The minimum absolute atomic E-state index is 0.133. The molecule has 0 aliphatic heterocycles. The number of carbonyl (C=O) groups is 1. The minimum atomic E-state index is -3.38. The van der Waals surface area contributed by atoms with Crippen molar-refractivity contribution < 1.29 is 17.9 Å². The molecule has 2 aromatic rings. The van der Waals surface area contributed by atoms with Crippen molar-refractivity contribution in [2.24, 2.45) is 0 Å². The number of hydrogen-bond acceptors (Lipinski definition) is 6. The van der Waals surface area contributed by atoms with Gasteiger partial charge in [0.25, 0.3) is 5.91 Å². The van der Waals surface area contributed by atoms with E-state index in [0.29, 0.717) is 11.4 Å². The van der Waals surface area contributed by atoms with E-state index in [1.54, 1.807) is 18.2 Å². The second kappa shape index (κ2) is 6.39. The fourth-order valence-electron chi connectivity index (χ4n) is 1.64. The highest BCUT2D eigenvalue weighted by Crippen LogP contribution is 2.17. The van der Waals surface area contributed by atoms with Crippen LogP contribution in [0.25, 0.3) is 0 Å². The van der Waals surface area contributed by atoms with Gasteiger partial charge >= 0.3 is 0 Å².